The number of rotatable bonds is 4. The smallest absolute Gasteiger partial charge is 0.223 e. The molecule has 2 aliphatic rings. The Labute approximate surface area is 121 Å². The zero-order valence-electron chi connectivity index (χ0n) is 12.2. The molecule has 2 rings (SSSR count). The summed E-state index contributed by atoms with van der Waals surface area (Å²) in [6.07, 6.45) is 11.1. The molecule has 0 aliphatic heterocycles. The van der Waals surface area contributed by atoms with Crippen molar-refractivity contribution in [2.24, 2.45) is 22.7 Å². The average Bonchev–Trinajstić information content (AvgIpc) is 2.53. The maximum atomic E-state index is 12.4. The van der Waals surface area contributed by atoms with Gasteiger partial charge in [-0.15, -0.1) is 0 Å². The molecule has 0 aromatic carbocycles. The van der Waals surface area contributed by atoms with E-state index in [9.17, 15) is 4.79 Å². The minimum absolute atomic E-state index is 0.0897. The Morgan fingerprint density at radius 2 is 1.60 bits per heavy atom. The van der Waals surface area contributed by atoms with Crippen molar-refractivity contribution in [3.63, 3.8) is 0 Å². The van der Waals surface area contributed by atoms with Gasteiger partial charge in [0.15, 0.2) is 5.84 Å². The van der Waals surface area contributed by atoms with E-state index in [1.807, 2.05) is 0 Å². The number of carbonyl (C=O) groups is 1. The molecular weight excluding hydrogens is 254 g/mol. The highest BCUT2D eigenvalue weighted by Gasteiger charge is 2.31. The second kappa shape index (κ2) is 7.50. The lowest BCUT2D eigenvalue weighted by Crippen LogP contribution is -2.51. The first-order valence-electron chi connectivity index (χ1n) is 8.00. The van der Waals surface area contributed by atoms with Gasteiger partial charge in [-0.3, -0.25) is 4.79 Å². The van der Waals surface area contributed by atoms with E-state index in [1.165, 1.54) is 25.7 Å². The molecule has 1 amide bonds. The highest BCUT2D eigenvalue weighted by atomic mass is 16.4. The highest BCUT2D eigenvalue weighted by Crippen LogP contribution is 2.28. The summed E-state index contributed by atoms with van der Waals surface area (Å²) in [6, 6.07) is -0.297. The maximum absolute atomic E-state index is 12.4. The van der Waals surface area contributed by atoms with Gasteiger partial charge in [0.05, 0.1) is 6.04 Å². The maximum Gasteiger partial charge on any atom is 0.223 e. The SMILES string of the molecule is N/C(=N\O)C(NC(=O)C1CCCCC1)C1CCCCC1. The van der Waals surface area contributed by atoms with Gasteiger partial charge >= 0.3 is 0 Å². The van der Waals surface area contributed by atoms with E-state index >= 15 is 0 Å². The third-order valence-electron chi connectivity index (χ3n) is 4.83. The van der Waals surface area contributed by atoms with Crippen LogP contribution in [0.3, 0.4) is 0 Å². The molecule has 2 aliphatic carbocycles. The molecule has 0 aromatic heterocycles. The normalized spacial score (nSPS) is 24.3. The first-order chi connectivity index (χ1) is 9.72. The predicted octanol–water partition coefficient (Wildman–Crippen LogP) is 2.38. The Morgan fingerprint density at radius 1 is 1.05 bits per heavy atom. The molecule has 114 valence electrons. The summed E-state index contributed by atoms with van der Waals surface area (Å²) >= 11 is 0. The average molecular weight is 281 g/mol. The monoisotopic (exact) mass is 281 g/mol. The minimum Gasteiger partial charge on any atom is -0.409 e. The van der Waals surface area contributed by atoms with E-state index in [-0.39, 0.29) is 23.7 Å². The molecule has 0 saturated heterocycles. The van der Waals surface area contributed by atoms with Gasteiger partial charge in [-0.05, 0) is 31.6 Å². The fraction of sp³-hybridized carbons (Fsp3) is 0.867. The lowest BCUT2D eigenvalue weighted by atomic mass is 9.82. The number of carbonyl (C=O) groups excluding carboxylic acids is 1. The second-order valence-corrected chi connectivity index (χ2v) is 6.24. The van der Waals surface area contributed by atoms with Crippen LogP contribution in [0.2, 0.25) is 0 Å². The summed E-state index contributed by atoms with van der Waals surface area (Å²) in [5, 5.41) is 15.2. The van der Waals surface area contributed by atoms with E-state index < -0.39 is 0 Å². The van der Waals surface area contributed by atoms with Gasteiger partial charge in [0, 0.05) is 5.92 Å². The van der Waals surface area contributed by atoms with Gasteiger partial charge in [-0.2, -0.15) is 0 Å². The van der Waals surface area contributed by atoms with Crippen LogP contribution in [0.25, 0.3) is 0 Å². The molecule has 4 N–H and O–H groups in total. The van der Waals surface area contributed by atoms with Crippen molar-refractivity contribution >= 4 is 11.7 Å². The molecule has 0 radical (unpaired) electrons. The first kappa shape index (κ1) is 15.1. The largest absolute Gasteiger partial charge is 0.409 e. The predicted molar refractivity (Wildman–Crippen MR) is 78.5 cm³/mol. The quantitative estimate of drug-likeness (QED) is 0.320. The number of nitrogens with zero attached hydrogens (tertiary/aromatic N) is 1. The van der Waals surface area contributed by atoms with Crippen molar-refractivity contribution in [1.82, 2.24) is 5.32 Å². The first-order valence-corrected chi connectivity index (χ1v) is 8.00. The topological polar surface area (TPSA) is 87.7 Å². The zero-order chi connectivity index (χ0) is 14.4. The summed E-state index contributed by atoms with van der Waals surface area (Å²) in [7, 11) is 0. The van der Waals surface area contributed by atoms with Crippen molar-refractivity contribution in [2.75, 3.05) is 0 Å². The summed E-state index contributed by atoms with van der Waals surface area (Å²) in [6.45, 7) is 0. The van der Waals surface area contributed by atoms with Gasteiger partial charge in [0.25, 0.3) is 0 Å². The third-order valence-corrected chi connectivity index (χ3v) is 4.83. The molecule has 0 bridgehead atoms. The molecule has 2 fully saturated rings. The van der Waals surface area contributed by atoms with Crippen molar-refractivity contribution in [3.8, 4) is 0 Å². The van der Waals surface area contributed by atoms with Crippen LogP contribution >= 0.6 is 0 Å². The summed E-state index contributed by atoms with van der Waals surface area (Å²) < 4.78 is 0. The fourth-order valence-corrected chi connectivity index (χ4v) is 3.60. The Hall–Kier alpha value is -1.26. The van der Waals surface area contributed by atoms with Crippen molar-refractivity contribution in [1.29, 1.82) is 0 Å². The number of oxime groups is 1. The molecule has 2 saturated carbocycles. The van der Waals surface area contributed by atoms with Crippen LogP contribution in [0.15, 0.2) is 5.16 Å². The van der Waals surface area contributed by atoms with Crippen molar-refractivity contribution in [2.45, 2.75) is 70.3 Å². The summed E-state index contributed by atoms with van der Waals surface area (Å²) in [5.74, 6) is 0.668. The lowest BCUT2D eigenvalue weighted by molar-refractivity contribution is -0.126. The van der Waals surface area contributed by atoms with Gasteiger partial charge in [-0.25, -0.2) is 0 Å². The van der Waals surface area contributed by atoms with E-state index in [0.717, 1.165) is 38.5 Å². The van der Waals surface area contributed by atoms with Gasteiger partial charge in [0.1, 0.15) is 0 Å². The van der Waals surface area contributed by atoms with E-state index in [1.54, 1.807) is 0 Å². The highest BCUT2D eigenvalue weighted by molar-refractivity contribution is 5.90. The van der Waals surface area contributed by atoms with E-state index in [0.29, 0.717) is 5.92 Å². The van der Waals surface area contributed by atoms with Crippen LogP contribution in [0, 0.1) is 11.8 Å². The molecule has 1 unspecified atom stereocenters. The van der Waals surface area contributed by atoms with Crippen LogP contribution in [0.1, 0.15) is 64.2 Å². The van der Waals surface area contributed by atoms with Crippen LogP contribution in [0.4, 0.5) is 0 Å². The Balaban J connectivity index is 1.97. The molecule has 0 heterocycles. The van der Waals surface area contributed by atoms with Gasteiger partial charge < -0.3 is 16.3 Å². The molecule has 5 nitrogen and oxygen atoms in total. The van der Waals surface area contributed by atoms with Crippen molar-refractivity contribution < 1.29 is 10.0 Å². The van der Waals surface area contributed by atoms with E-state index in [4.69, 9.17) is 10.9 Å². The Morgan fingerprint density at radius 3 is 2.15 bits per heavy atom. The number of amides is 1. The number of nitrogens with two attached hydrogens (primary N) is 1. The number of nitrogens with one attached hydrogen (secondary N) is 1. The molecule has 0 aromatic rings. The van der Waals surface area contributed by atoms with Crippen LogP contribution in [0.5, 0.6) is 0 Å². The fourth-order valence-electron chi connectivity index (χ4n) is 3.60. The van der Waals surface area contributed by atoms with Gasteiger partial charge in [-0.1, -0.05) is 43.7 Å². The summed E-state index contributed by atoms with van der Waals surface area (Å²) in [4.78, 5) is 12.4. The molecular formula is C15H27N3O2. The minimum atomic E-state index is -0.297. The molecule has 0 spiro atoms. The Kier molecular flexibility index (Phi) is 5.68. The number of amidine groups is 1. The van der Waals surface area contributed by atoms with E-state index in [2.05, 4.69) is 10.5 Å². The number of hydrogen-bond donors (Lipinski definition) is 3. The third kappa shape index (κ3) is 3.87. The second-order valence-electron chi connectivity index (χ2n) is 6.24. The Bertz CT molecular complexity index is 345. The van der Waals surface area contributed by atoms with Crippen LogP contribution < -0.4 is 11.1 Å². The molecule has 5 heteroatoms. The summed E-state index contributed by atoms with van der Waals surface area (Å²) in [5.41, 5.74) is 5.81. The number of hydrogen-bond acceptors (Lipinski definition) is 3. The molecule has 20 heavy (non-hydrogen) atoms. The van der Waals surface area contributed by atoms with Gasteiger partial charge in [0.2, 0.25) is 5.91 Å². The molecule has 1 atom stereocenters. The van der Waals surface area contributed by atoms with Crippen LogP contribution in [-0.2, 0) is 4.79 Å². The van der Waals surface area contributed by atoms with Crippen molar-refractivity contribution in [3.05, 3.63) is 0 Å². The standard InChI is InChI=1S/C15H27N3O2/c16-14(18-20)13(11-7-3-1-4-8-11)17-15(19)12-9-5-2-6-10-12/h11-13,20H,1-10H2,(H2,16,18)(H,17,19). The lowest BCUT2D eigenvalue weighted by Gasteiger charge is -2.31. The van der Waals surface area contributed by atoms with Crippen LogP contribution in [-0.4, -0.2) is 23.0 Å². The zero-order valence-corrected chi connectivity index (χ0v) is 12.2.